The van der Waals surface area contributed by atoms with Crippen LogP contribution in [0.5, 0.6) is 0 Å². The first-order chi connectivity index (χ1) is 8.99. The molecule has 0 amide bonds. The van der Waals surface area contributed by atoms with Gasteiger partial charge in [0.05, 0.1) is 6.04 Å². The van der Waals surface area contributed by atoms with Crippen LogP contribution in [-0.4, -0.2) is 0 Å². The highest BCUT2D eigenvalue weighted by molar-refractivity contribution is 9.10. The van der Waals surface area contributed by atoms with E-state index in [4.69, 9.17) is 11.6 Å². The first-order valence-corrected chi connectivity index (χ1v) is 7.12. The van der Waals surface area contributed by atoms with Crippen LogP contribution in [0.2, 0.25) is 5.02 Å². The second kappa shape index (κ2) is 5.93. The van der Waals surface area contributed by atoms with Crippen molar-refractivity contribution in [3.8, 4) is 0 Å². The molecule has 0 saturated carbocycles. The molecule has 0 fully saturated rings. The first-order valence-electron chi connectivity index (χ1n) is 5.95. The summed E-state index contributed by atoms with van der Waals surface area (Å²) >= 11 is 9.44. The van der Waals surface area contributed by atoms with Gasteiger partial charge in [0.15, 0.2) is 0 Å². The molecule has 0 aliphatic rings. The number of hydrogen-bond donors (Lipinski definition) is 1. The van der Waals surface area contributed by atoms with Gasteiger partial charge in [0.1, 0.15) is 5.82 Å². The molecular weight excluding hydrogens is 329 g/mol. The van der Waals surface area contributed by atoms with Gasteiger partial charge in [0.2, 0.25) is 0 Å². The third kappa shape index (κ3) is 3.28. The Morgan fingerprint density at radius 1 is 1.26 bits per heavy atom. The van der Waals surface area contributed by atoms with Gasteiger partial charge in [-0.15, -0.1) is 0 Å². The number of nitrogens with one attached hydrogen (secondary N) is 1. The lowest BCUT2D eigenvalue weighted by Gasteiger charge is -2.18. The monoisotopic (exact) mass is 341 g/mol. The van der Waals surface area contributed by atoms with Gasteiger partial charge in [-0.2, -0.15) is 0 Å². The fourth-order valence-electron chi connectivity index (χ4n) is 1.92. The molecule has 0 radical (unpaired) electrons. The molecule has 0 spiro atoms. The summed E-state index contributed by atoms with van der Waals surface area (Å²) in [5.41, 5.74) is 2.50. The van der Waals surface area contributed by atoms with Crippen LogP contribution in [0.15, 0.2) is 40.9 Å². The zero-order chi connectivity index (χ0) is 14.0. The lowest BCUT2D eigenvalue weighted by Crippen LogP contribution is -2.09. The summed E-state index contributed by atoms with van der Waals surface area (Å²) in [7, 11) is 0. The summed E-state index contributed by atoms with van der Waals surface area (Å²) in [6, 6.07) is 10.4. The van der Waals surface area contributed by atoms with Gasteiger partial charge in [-0.3, -0.25) is 0 Å². The number of halogens is 3. The lowest BCUT2D eigenvalue weighted by atomic mass is 10.1. The molecule has 0 aromatic heterocycles. The Labute approximate surface area is 125 Å². The second-order valence-electron chi connectivity index (χ2n) is 4.44. The van der Waals surface area contributed by atoms with Crippen molar-refractivity contribution in [2.24, 2.45) is 0 Å². The Balaban J connectivity index is 2.28. The Morgan fingerprint density at radius 3 is 2.74 bits per heavy atom. The van der Waals surface area contributed by atoms with Crippen LogP contribution in [0, 0.1) is 12.7 Å². The minimum atomic E-state index is -0.220. The van der Waals surface area contributed by atoms with Crippen molar-refractivity contribution in [2.45, 2.75) is 19.9 Å². The zero-order valence-corrected chi connectivity index (χ0v) is 13.0. The highest BCUT2D eigenvalue weighted by Gasteiger charge is 2.12. The highest BCUT2D eigenvalue weighted by Crippen LogP contribution is 2.28. The van der Waals surface area contributed by atoms with E-state index in [-0.39, 0.29) is 11.9 Å². The van der Waals surface area contributed by atoms with E-state index < -0.39 is 0 Å². The zero-order valence-electron chi connectivity index (χ0n) is 10.7. The van der Waals surface area contributed by atoms with Crippen LogP contribution in [0.25, 0.3) is 0 Å². The Hall–Kier alpha value is -1.06. The number of anilines is 1. The fraction of sp³-hybridized carbons (Fsp3) is 0.200. The molecule has 2 aromatic carbocycles. The maximum atomic E-state index is 13.8. The quantitative estimate of drug-likeness (QED) is 0.752. The van der Waals surface area contributed by atoms with E-state index in [2.05, 4.69) is 21.2 Å². The van der Waals surface area contributed by atoms with Crippen molar-refractivity contribution in [3.05, 3.63) is 62.8 Å². The van der Waals surface area contributed by atoms with Crippen molar-refractivity contribution in [3.63, 3.8) is 0 Å². The predicted octanol–water partition coefficient (Wildman–Crippen LogP) is 5.72. The Bertz CT molecular complexity index is 601. The standard InChI is InChI=1S/C15H14BrClFN/c1-9-13(17)4-3-5-15(9)19-10(2)12-8-11(16)6-7-14(12)18/h3-8,10,19H,1-2H3. The summed E-state index contributed by atoms with van der Waals surface area (Å²) in [5.74, 6) is -0.220. The van der Waals surface area contributed by atoms with Crippen LogP contribution in [0.4, 0.5) is 10.1 Å². The van der Waals surface area contributed by atoms with Gasteiger partial charge in [0, 0.05) is 20.7 Å². The topological polar surface area (TPSA) is 12.0 Å². The molecule has 1 atom stereocenters. The fourth-order valence-corrected chi connectivity index (χ4v) is 2.47. The lowest BCUT2D eigenvalue weighted by molar-refractivity contribution is 0.600. The second-order valence-corrected chi connectivity index (χ2v) is 5.77. The number of rotatable bonds is 3. The minimum absolute atomic E-state index is 0.144. The van der Waals surface area contributed by atoms with Gasteiger partial charge in [-0.05, 0) is 49.7 Å². The number of hydrogen-bond acceptors (Lipinski definition) is 1. The number of benzene rings is 2. The molecule has 1 N–H and O–H groups in total. The summed E-state index contributed by atoms with van der Waals surface area (Å²) < 4.78 is 14.7. The van der Waals surface area contributed by atoms with E-state index in [0.717, 1.165) is 15.7 Å². The van der Waals surface area contributed by atoms with Gasteiger partial charge in [-0.1, -0.05) is 33.6 Å². The molecule has 0 saturated heterocycles. The molecule has 0 aliphatic carbocycles. The van der Waals surface area contributed by atoms with Crippen LogP contribution in [0.3, 0.4) is 0 Å². The van der Waals surface area contributed by atoms with Gasteiger partial charge in [0.25, 0.3) is 0 Å². The molecule has 100 valence electrons. The van der Waals surface area contributed by atoms with Crippen molar-refractivity contribution in [2.75, 3.05) is 5.32 Å². The molecule has 2 aromatic rings. The molecular formula is C15H14BrClFN. The summed E-state index contributed by atoms with van der Waals surface area (Å²) in [4.78, 5) is 0. The van der Waals surface area contributed by atoms with Crippen molar-refractivity contribution in [1.82, 2.24) is 0 Å². The van der Waals surface area contributed by atoms with E-state index in [1.807, 2.05) is 32.0 Å². The van der Waals surface area contributed by atoms with Crippen molar-refractivity contribution >= 4 is 33.2 Å². The average molecular weight is 343 g/mol. The Kier molecular flexibility index (Phi) is 4.48. The molecule has 0 bridgehead atoms. The summed E-state index contributed by atoms with van der Waals surface area (Å²) in [6.07, 6.45) is 0. The van der Waals surface area contributed by atoms with Gasteiger partial charge >= 0.3 is 0 Å². The third-order valence-corrected chi connectivity index (χ3v) is 3.97. The molecule has 4 heteroatoms. The molecule has 1 nitrogen and oxygen atoms in total. The average Bonchev–Trinajstić information content (AvgIpc) is 2.38. The molecule has 19 heavy (non-hydrogen) atoms. The third-order valence-electron chi connectivity index (χ3n) is 3.06. The maximum Gasteiger partial charge on any atom is 0.128 e. The smallest absolute Gasteiger partial charge is 0.128 e. The summed E-state index contributed by atoms with van der Waals surface area (Å²) in [6.45, 7) is 3.86. The maximum absolute atomic E-state index is 13.8. The van der Waals surface area contributed by atoms with E-state index >= 15 is 0 Å². The van der Waals surface area contributed by atoms with Gasteiger partial charge in [-0.25, -0.2) is 4.39 Å². The summed E-state index contributed by atoms with van der Waals surface area (Å²) in [5, 5.41) is 3.99. The van der Waals surface area contributed by atoms with E-state index in [1.165, 1.54) is 6.07 Å². The molecule has 1 unspecified atom stereocenters. The van der Waals surface area contributed by atoms with Crippen LogP contribution < -0.4 is 5.32 Å². The first kappa shape index (κ1) is 14.4. The van der Waals surface area contributed by atoms with E-state index in [9.17, 15) is 4.39 Å². The van der Waals surface area contributed by atoms with Crippen molar-refractivity contribution < 1.29 is 4.39 Å². The van der Waals surface area contributed by atoms with Gasteiger partial charge < -0.3 is 5.32 Å². The normalized spacial score (nSPS) is 12.3. The SMILES string of the molecule is Cc1c(Cl)cccc1NC(C)c1cc(Br)ccc1F. The van der Waals surface area contributed by atoms with Crippen LogP contribution >= 0.6 is 27.5 Å². The van der Waals surface area contributed by atoms with Crippen molar-refractivity contribution in [1.29, 1.82) is 0 Å². The largest absolute Gasteiger partial charge is 0.378 e. The van der Waals surface area contributed by atoms with Crippen LogP contribution in [-0.2, 0) is 0 Å². The van der Waals surface area contributed by atoms with E-state index in [1.54, 1.807) is 12.1 Å². The highest BCUT2D eigenvalue weighted by atomic mass is 79.9. The minimum Gasteiger partial charge on any atom is -0.378 e. The molecule has 0 heterocycles. The van der Waals surface area contributed by atoms with Crippen LogP contribution in [0.1, 0.15) is 24.1 Å². The van der Waals surface area contributed by atoms with E-state index in [0.29, 0.717) is 10.6 Å². The predicted molar refractivity (Wildman–Crippen MR) is 82.3 cm³/mol. The molecule has 2 rings (SSSR count). The Morgan fingerprint density at radius 2 is 2.00 bits per heavy atom. The molecule has 0 aliphatic heterocycles.